The van der Waals surface area contributed by atoms with E-state index in [1.807, 2.05) is 44.2 Å². The van der Waals surface area contributed by atoms with Gasteiger partial charge in [-0.25, -0.2) is 0 Å². The van der Waals surface area contributed by atoms with Crippen molar-refractivity contribution in [3.63, 3.8) is 0 Å². The Balaban J connectivity index is 0.000000342. The topological polar surface area (TPSA) is 59.4 Å². The van der Waals surface area contributed by atoms with Crippen LogP contribution in [0.4, 0.5) is 26.3 Å². The zero-order chi connectivity index (χ0) is 38.8. The second-order valence-electron chi connectivity index (χ2n) is 15.5. The predicted octanol–water partition coefficient (Wildman–Crippen LogP) is 13.1. The third kappa shape index (κ3) is 10.6. The first-order valence-electron chi connectivity index (χ1n) is 17.7. The first-order chi connectivity index (χ1) is 24.1. The van der Waals surface area contributed by atoms with Crippen molar-refractivity contribution in [1.29, 1.82) is 0 Å². The van der Waals surface area contributed by atoms with Crippen molar-refractivity contribution in [2.45, 2.75) is 106 Å². The second-order valence-corrected chi connectivity index (χ2v) is 15.5. The number of carbonyl (C=O) groups excluding carboxylic acids is 1. The van der Waals surface area contributed by atoms with Crippen molar-refractivity contribution in [1.82, 2.24) is 4.98 Å². The molecule has 0 saturated carbocycles. The fraction of sp³-hybridized carbons (Fsp3) is 0.476. The van der Waals surface area contributed by atoms with Gasteiger partial charge in [-0.1, -0.05) is 96.2 Å². The molecule has 0 aliphatic carbocycles. The molecule has 291 valence electrons. The van der Waals surface area contributed by atoms with Gasteiger partial charge in [0.25, 0.3) is 0 Å². The molecule has 0 bridgehead atoms. The van der Waals surface area contributed by atoms with Gasteiger partial charge in [0.2, 0.25) is 0 Å². The summed E-state index contributed by atoms with van der Waals surface area (Å²) >= 11 is 0. The standard InChI is InChI=1S/C29H27F3NO.C13H21F3O2.Ir/c1-27(2,3)16-22-20-9-7-6-8-18(20)14-21-25-24-19(10-11-33-25)12-17(13-23(24)34-26(21)22)15-28(4,5)29(30,31)32;1-4-9(5-2)11(17)7-12(18)10(6-3)8-13(14,15)16;/h6-13H,15-16H2,1-5H3;7,9-10,17H,4-6,8H2,1-3H3;/q-1;;/b;11-7-;. The summed E-state index contributed by atoms with van der Waals surface area (Å²) in [6, 6.07) is 17.0. The van der Waals surface area contributed by atoms with E-state index in [0.717, 1.165) is 50.9 Å². The van der Waals surface area contributed by atoms with Gasteiger partial charge in [-0.2, -0.15) is 26.3 Å². The molecule has 5 rings (SSSR count). The number of ether oxygens (including phenoxy) is 1. The number of aliphatic hydroxyl groups excluding tert-OH is 1. The van der Waals surface area contributed by atoms with Crippen LogP contribution in [-0.2, 0) is 37.7 Å². The number of aliphatic hydroxyl groups is 1. The first-order valence-corrected chi connectivity index (χ1v) is 17.7. The minimum absolute atomic E-state index is 0. The number of hydrogen-bond donors (Lipinski definition) is 1. The largest absolute Gasteiger partial charge is 0.512 e. The molecule has 11 heteroatoms. The van der Waals surface area contributed by atoms with E-state index >= 15 is 0 Å². The Labute approximate surface area is 321 Å². The van der Waals surface area contributed by atoms with Crippen LogP contribution in [0, 0.1) is 28.7 Å². The van der Waals surface area contributed by atoms with Gasteiger partial charge in [0.15, 0.2) is 5.78 Å². The summed E-state index contributed by atoms with van der Waals surface area (Å²) in [7, 11) is 0. The molecule has 4 aromatic rings. The maximum Gasteiger partial charge on any atom is 0.394 e. The molecule has 1 unspecified atom stereocenters. The Kier molecular flexibility index (Phi) is 14.0. The fourth-order valence-electron chi connectivity index (χ4n) is 6.55. The Morgan fingerprint density at radius 1 is 0.906 bits per heavy atom. The quantitative estimate of drug-likeness (QED) is 0.0656. The van der Waals surface area contributed by atoms with Gasteiger partial charge < -0.3 is 9.84 Å². The van der Waals surface area contributed by atoms with E-state index in [9.17, 15) is 36.2 Å². The number of alkyl halides is 6. The molecule has 53 heavy (non-hydrogen) atoms. The third-order valence-electron chi connectivity index (χ3n) is 9.54. The van der Waals surface area contributed by atoms with Gasteiger partial charge in [-0.05, 0) is 60.6 Å². The Bertz CT molecular complexity index is 1940. The van der Waals surface area contributed by atoms with Crippen molar-refractivity contribution >= 4 is 27.3 Å². The minimum atomic E-state index is -4.35. The summed E-state index contributed by atoms with van der Waals surface area (Å²) in [5.41, 5.74) is 1.38. The molecule has 0 fully saturated rings. The average molecular weight is 921 g/mol. The molecule has 3 aromatic carbocycles. The molecule has 0 saturated heterocycles. The smallest absolute Gasteiger partial charge is 0.394 e. The van der Waals surface area contributed by atoms with Crippen LogP contribution in [0.5, 0.6) is 11.5 Å². The van der Waals surface area contributed by atoms with Gasteiger partial charge >= 0.3 is 12.4 Å². The van der Waals surface area contributed by atoms with Crippen molar-refractivity contribution < 1.29 is 61.1 Å². The van der Waals surface area contributed by atoms with Crippen LogP contribution in [-0.4, -0.2) is 28.2 Å². The zero-order valence-corrected chi connectivity index (χ0v) is 33.8. The Morgan fingerprint density at radius 2 is 1.53 bits per heavy atom. The van der Waals surface area contributed by atoms with E-state index < -0.39 is 35.9 Å². The number of ketones is 1. The van der Waals surface area contributed by atoms with Crippen LogP contribution < -0.4 is 4.74 Å². The van der Waals surface area contributed by atoms with Gasteiger partial charge in [0, 0.05) is 55.3 Å². The summed E-state index contributed by atoms with van der Waals surface area (Å²) in [4.78, 5) is 16.3. The van der Waals surface area contributed by atoms with Crippen molar-refractivity contribution in [3.05, 3.63) is 77.7 Å². The number of nitrogens with zero attached hydrogens (tertiary/aromatic N) is 1. The average Bonchev–Trinajstić information content (AvgIpc) is 3.03. The molecule has 4 nitrogen and oxygen atoms in total. The van der Waals surface area contributed by atoms with Gasteiger partial charge in [-0.3, -0.25) is 9.78 Å². The molecule has 0 spiro atoms. The van der Waals surface area contributed by atoms with Crippen molar-refractivity contribution in [2.24, 2.45) is 22.7 Å². The number of rotatable bonds is 10. The summed E-state index contributed by atoms with van der Waals surface area (Å²) < 4.78 is 84.1. The summed E-state index contributed by atoms with van der Waals surface area (Å²) in [6.07, 6.45) is -5.04. The maximum absolute atomic E-state index is 13.6. The van der Waals surface area contributed by atoms with Crippen molar-refractivity contribution in [3.8, 4) is 22.8 Å². The molecule has 0 amide bonds. The number of allylic oxidation sites excluding steroid dienone is 2. The van der Waals surface area contributed by atoms with Crippen molar-refractivity contribution in [2.75, 3.05) is 0 Å². The van der Waals surface area contributed by atoms with E-state index in [1.165, 1.54) is 20.8 Å². The van der Waals surface area contributed by atoms with E-state index in [1.54, 1.807) is 12.3 Å². The summed E-state index contributed by atoms with van der Waals surface area (Å²) in [6.45, 7) is 14.3. The maximum atomic E-state index is 13.6. The molecule has 1 aromatic heterocycles. The molecule has 1 atom stereocenters. The number of benzene rings is 3. The zero-order valence-electron chi connectivity index (χ0n) is 31.4. The van der Waals surface area contributed by atoms with Crippen LogP contribution in [0.3, 0.4) is 0 Å². The summed E-state index contributed by atoms with van der Waals surface area (Å²) in [5.74, 6) is -0.739. The number of hydrogen-bond acceptors (Lipinski definition) is 4. The third-order valence-corrected chi connectivity index (χ3v) is 9.54. The van der Waals surface area contributed by atoms with Crippen LogP contribution in [0.1, 0.15) is 92.2 Å². The first kappa shape index (κ1) is 44.0. The van der Waals surface area contributed by atoms with Crippen LogP contribution in [0.15, 0.2) is 60.5 Å². The minimum Gasteiger partial charge on any atom is -0.512 e. The number of aromatic nitrogens is 1. The molecule has 1 N–H and O–H groups in total. The van der Waals surface area contributed by atoms with E-state index in [2.05, 4.69) is 37.9 Å². The Hall–Kier alpha value is -3.43. The normalized spacial score (nSPS) is 13.9. The molecule has 1 aliphatic heterocycles. The van der Waals surface area contributed by atoms with Crippen LogP contribution >= 0.6 is 0 Å². The van der Waals surface area contributed by atoms with E-state index in [0.29, 0.717) is 29.9 Å². The predicted molar refractivity (Wildman–Crippen MR) is 195 cm³/mol. The number of halogens is 6. The summed E-state index contributed by atoms with van der Waals surface area (Å²) in [5, 5.41) is 13.4. The van der Waals surface area contributed by atoms with Crippen LogP contribution in [0.2, 0.25) is 0 Å². The van der Waals surface area contributed by atoms with Crippen LogP contribution in [0.25, 0.3) is 32.8 Å². The number of carbonyl (C=O) groups is 1. The number of fused-ring (bicyclic) bond motifs is 3. The number of pyridine rings is 1. The second kappa shape index (κ2) is 16.9. The Morgan fingerprint density at radius 3 is 2.09 bits per heavy atom. The van der Waals surface area contributed by atoms with Gasteiger partial charge in [-0.15, -0.1) is 17.5 Å². The van der Waals surface area contributed by atoms with E-state index in [-0.39, 0.29) is 50.0 Å². The molecule has 1 aliphatic rings. The van der Waals surface area contributed by atoms with E-state index in [4.69, 9.17) is 4.74 Å². The van der Waals surface area contributed by atoms with Gasteiger partial charge in [0.05, 0.1) is 23.3 Å². The van der Waals surface area contributed by atoms with Gasteiger partial charge in [0.1, 0.15) is 5.75 Å². The molecular formula is C42H48F6IrNO3-. The SMILES string of the molecule is CC(C)(C)Cc1c2c([c-]c3ccccc13)-c1nccc3cc(CC(C)(C)C(F)(F)F)cc(c13)O2.CCC(CC(F)(F)F)C(=O)/C=C(\O)C(CC)CC.[Ir]. The molecular weight excluding hydrogens is 873 g/mol. The molecule has 1 radical (unpaired) electrons. The molecule has 2 heterocycles. The monoisotopic (exact) mass is 921 g/mol. The fourth-order valence-corrected chi connectivity index (χ4v) is 6.55.